The first-order valence-electron chi connectivity index (χ1n) is 8.44. The lowest BCUT2D eigenvalue weighted by molar-refractivity contribution is -0.115. The summed E-state index contributed by atoms with van der Waals surface area (Å²) in [7, 11) is 0. The fourth-order valence-electron chi connectivity index (χ4n) is 2.34. The van der Waals surface area contributed by atoms with Gasteiger partial charge in [-0.2, -0.15) is 5.10 Å². The maximum atomic E-state index is 12.1. The zero-order valence-corrected chi connectivity index (χ0v) is 15.2. The monoisotopic (exact) mass is 352 g/mol. The average molecular weight is 352 g/mol. The van der Waals surface area contributed by atoms with Crippen LogP contribution in [0.4, 0.5) is 11.4 Å². The number of benzene rings is 2. The zero-order valence-electron chi connectivity index (χ0n) is 15.2. The molecule has 2 aromatic carbocycles. The first kappa shape index (κ1) is 19.2. The van der Waals surface area contributed by atoms with Gasteiger partial charge < -0.3 is 11.1 Å². The minimum Gasteiger partial charge on any atom is -0.398 e. The van der Waals surface area contributed by atoms with Crippen molar-refractivity contribution in [2.24, 2.45) is 5.10 Å². The van der Waals surface area contributed by atoms with Crippen molar-refractivity contribution in [3.8, 4) is 0 Å². The van der Waals surface area contributed by atoms with Gasteiger partial charge in [0, 0.05) is 17.1 Å². The molecule has 0 aliphatic carbocycles. The average Bonchev–Trinajstić information content (AvgIpc) is 2.60. The van der Waals surface area contributed by atoms with Crippen LogP contribution in [0.15, 0.2) is 53.6 Å². The van der Waals surface area contributed by atoms with Crippen LogP contribution in [0.25, 0.3) is 0 Å². The Morgan fingerprint density at radius 2 is 1.73 bits per heavy atom. The van der Waals surface area contributed by atoms with Crippen molar-refractivity contribution in [1.82, 2.24) is 5.43 Å². The molecule has 2 rings (SSSR count). The molecule has 2 amide bonds. The second-order valence-electron chi connectivity index (χ2n) is 6.38. The van der Waals surface area contributed by atoms with E-state index >= 15 is 0 Å². The van der Waals surface area contributed by atoms with Crippen LogP contribution >= 0.6 is 0 Å². The second kappa shape index (κ2) is 8.80. The second-order valence-corrected chi connectivity index (χ2v) is 6.38. The van der Waals surface area contributed by atoms with Crippen molar-refractivity contribution in [3.63, 3.8) is 0 Å². The molecule has 0 saturated carbocycles. The van der Waals surface area contributed by atoms with Gasteiger partial charge in [0.2, 0.25) is 5.91 Å². The highest BCUT2D eigenvalue weighted by Gasteiger charge is 2.09. The number of nitrogens with zero attached hydrogens (tertiary/aromatic N) is 1. The van der Waals surface area contributed by atoms with Gasteiger partial charge >= 0.3 is 0 Å². The van der Waals surface area contributed by atoms with E-state index in [4.69, 9.17) is 5.73 Å². The quantitative estimate of drug-likeness (QED) is 0.421. The normalized spacial score (nSPS) is 11.3. The molecule has 136 valence electrons. The van der Waals surface area contributed by atoms with Gasteiger partial charge in [-0.15, -0.1) is 0 Å². The molecule has 0 radical (unpaired) electrons. The number of anilines is 2. The lowest BCUT2D eigenvalue weighted by atomic mass is 10.0. The molecule has 0 bridgehead atoms. The van der Waals surface area contributed by atoms with Gasteiger partial charge in [-0.25, -0.2) is 5.43 Å². The van der Waals surface area contributed by atoms with Crippen LogP contribution in [0.2, 0.25) is 0 Å². The van der Waals surface area contributed by atoms with E-state index in [0.29, 0.717) is 22.9 Å². The maximum absolute atomic E-state index is 12.1. The molecular weight excluding hydrogens is 328 g/mol. The van der Waals surface area contributed by atoms with Gasteiger partial charge in [0.25, 0.3) is 5.91 Å². The number of para-hydroxylation sites is 1. The van der Waals surface area contributed by atoms with Gasteiger partial charge in [-0.3, -0.25) is 9.59 Å². The fourth-order valence-corrected chi connectivity index (χ4v) is 2.34. The third-order valence-electron chi connectivity index (χ3n) is 3.83. The van der Waals surface area contributed by atoms with Crippen LogP contribution in [0.3, 0.4) is 0 Å². The number of amides is 2. The summed E-state index contributed by atoms with van der Waals surface area (Å²) in [5, 5.41) is 6.78. The third-order valence-corrected chi connectivity index (χ3v) is 3.83. The molecule has 0 unspecified atom stereocenters. The molecule has 4 N–H and O–H groups in total. The van der Waals surface area contributed by atoms with Crippen molar-refractivity contribution >= 4 is 28.9 Å². The Labute approximate surface area is 153 Å². The van der Waals surface area contributed by atoms with Crippen molar-refractivity contribution in [3.05, 3.63) is 59.7 Å². The van der Waals surface area contributed by atoms with Gasteiger partial charge in [-0.05, 0) is 42.7 Å². The molecule has 0 aromatic heterocycles. The van der Waals surface area contributed by atoms with Gasteiger partial charge in [0.05, 0.1) is 12.0 Å². The number of hydrazone groups is 1. The van der Waals surface area contributed by atoms with Crippen molar-refractivity contribution in [2.75, 3.05) is 11.1 Å². The highest BCUT2D eigenvalue weighted by molar-refractivity contribution is 6.06. The van der Waals surface area contributed by atoms with Gasteiger partial charge in [-0.1, -0.05) is 38.1 Å². The molecular formula is C20H24N4O2. The predicted octanol–water partition coefficient (Wildman–Crippen LogP) is 3.53. The van der Waals surface area contributed by atoms with E-state index in [-0.39, 0.29) is 12.3 Å². The van der Waals surface area contributed by atoms with E-state index in [1.54, 1.807) is 31.2 Å². The summed E-state index contributed by atoms with van der Waals surface area (Å²) in [4.78, 5) is 24.1. The Hall–Kier alpha value is -3.15. The topological polar surface area (TPSA) is 96.6 Å². The number of hydrogen-bond acceptors (Lipinski definition) is 4. The molecule has 6 heteroatoms. The third kappa shape index (κ3) is 5.44. The van der Waals surface area contributed by atoms with E-state index < -0.39 is 5.91 Å². The highest BCUT2D eigenvalue weighted by Crippen LogP contribution is 2.17. The molecule has 0 heterocycles. The van der Waals surface area contributed by atoms with Crippen LogP contribution in [-0.2, 0) is 4.79 Å². The number of rotatable bonds is 6. The number of nitrogens with one attached hydrogen (secondary N) is 2. The Balaban J connectivity index is 1.89. The van der Waals surface area contributed by atoms with Crippen LogP contribution in [0.1, 0.15) is 49.0 Å². The Bertz CT molecular complexity index is 811. The number of nitrogens with two attached hydrogens (primary N) is 1. The molecule has 2 aromatic rings. The summed E-state index contributed by atoms with van der Waals surface area (Å²) in [6, 6.07) is 14.5. The predicted molar refractivity (Wildman–Crippen MR) is 105 cm³/mol. The van der Waals surface area contributed by atoms with E-state index in [0.717, 1.165) is 5.69 Å². The number of carbonyl (C=O) groups excluding carboxylic acids is 2. The van der Waals surface area contributed by atoms with E-state index in [2.05, 4.69) is 29.7 Å². The van der Waals surface area contributed by atoms with Crippen LogP contribution in [0.5, 0.6) is 0 Å². The van der Waals surface area contributed by atoms with Gasteiger partial charge in [0.1, 0.15) is 0 Å². The van der Waals surface area contributed by atoms with Crippen molar-refractivity contribution in [2.45, 2.75) is 33.1 Å². The standard InChI is InChI=1S/C20H24N4O2/c1-13(2)15-8-10-16(11-9-15)22-19(25)12-14(3)23-24-20(26)17-6-4-5-7-18(17)21/h4-11,13H,12,21H2,1-3H3,(H,22,25)(H,24,26)/b23-14-. The van der Waals surface area contributed by atoms with Gasteiger partial charge in [0.15, 0.2) is 0 Å². The van der Waals surface area contributed by atoms with Crippen molar-refractivity contribution in [1.29, 1.82) is 0 Å². The summed E-state index contributed by atoms with van der Waals surface area (Å²) in [5.74, 6) is -0.166. The number of nitrogen functional groups attached to an aromatic ring is 1. The molecule has 0 aliphatic rings. The Morgan fingerprint density at radius 1 is 1.08 bits per heavy atom. The Kier molecular flexibility index (Phi) is 6.49. The lowest BCUT2D eigenvalue weighted by Crippen LogP contribution is -2.22. The molecule has 0 fully saturated rings. The summed E-state index contributed by atoms with van der Waals surface area (Å²) < 4.78 is 0. The molecule has 0 aliphatic heterocycles. The minimum atomic E-state index is -0.410. The molecule has 26 heavy (non-hydrogen) atoms. The number of hydrogen-bond donors (Lipinski definition) is 3. The van der Waals surface area contributed by atoms with E-state index in [1.807, 2.05) is 24.3 Å². The highest BCUT2D eigenvalue weighted by atomic mass is 16.2. The zero-order chi connectivity index (χ0) is 19.1. The van der Waals surface area contributed by atoms with Crippen LogP contribution < -0.4 is 16.5 Å². The first-order chi connectivity index (χ1) is 12.4. The fraction of sp³-hybridized carbons (Fsp3) is 0.250. The summed E-state index contributed by atoms with van der Waals surface area (Å²) in [5.41, 5.74) is 11.3. The molecule has 0 saturated heterocycles. The van der Waals surface area contributed by atoms with Crippen LogP contribution in [-0.4, -0.2) is 17.5 Å². The van der Waals surface area contributed by atoms with E-state index in [9.17, 15) is 9.59 Å². The van der Waals surface area contributed by atoms with E-state index in [1.165, 1.54) is 5.56 Å². The molecule has 0 atom stereocenters. The first-order valence-corrected chi connectivity index (χ1v) is 8.44. The lowest BCUT2D eigenvalue weighted by Gasteiger charge is -2.08. The molecule has 0 spiro atoms. The summed E-state index contributed by atoms with van der Waals surface area (Å²) in [6.07, 6.45) is 0.0798. The van der Waals surface area contributed by atoms with Crippen LogP contribution in [0, 0.1) is 0 Å². The smallest absolute Gasteiger partial charge is 0.273 e. The molecule has 6 nitrogen and oxygen atoms in total. The summed E-state index contributed by atoms with van der Waals surface area (Å²) >= 11 is 0. The SMILES string of the molecule is C/C(CC(=O)Nc1ccc(C(C)C)cc1)=N/NC(=O)c1ccccc1N. The largest absolute Gasteiger partial charge is 0.398 e. The maximum Gasteiger partial charge on any atom is 0.273 e. The Morgan fingerprint density at radius 3 is 2.35 bits per heavy atom. The summed E-state index contributed by atoms with van der Waals surface area (Å²) in [6.45, 7) is 5.91. The minimum absolute atomic E-state index is 0.0798. The number of carbonyl (C=O) groups is 2. The van der Waals surface area contributed by atoms with Crippen molar-refractivity contribution < 1.29 is 9.59 Å².